The van der Waals surface area contributed by atoms with Gasteiger partial charge in [0.2, 0.25) is 5.76 Å². The van der Waals surface area contributed by atoms with Crippen molar-refractivity contribution in [2.45, 2.75) is 122 Å². The van der Waals surface area contributed by atoms with Crippen molar-refractivity contribution in [1.82, 2.24) is 4.90 Å². The first-order valence-corrected chi connectivity index (χ1v) is 24.4. The molecule has 0 aromatic heterocycles. The molecule has 2 N–H and O–H groups in total. The van der Waals surface area contributed by atoms with Crippen molar-refractivity contribution in [2.24, 2.45) is 46.8 Å². The van der Waals surface area contributed by atoms with Gasteiger partial charge in [0, 0.05) is 47.9 Å². The number of hydrogen-bond donors (Lipinski definition) is 2. The topological polar surface area (TPSA) is 88.5 Å². The molecule has 3 saturated heterocycles. The number of carbonyl (C=O) groups excluding carboxylic acids is 1. The van der Waals surface area contributed by atoms with Crippen molar-refractivity contribution < 1.29 is 29.2 Å². The number of unbranched alkanes of at least 4 members (excludes halogenated alkanes) is 2. The Hall–Kier alpha value is -2.17. The summed E-state index contributed by atoms with van der Waals surface area (Å²) in [6.45, 7) is 7.34. The lowest BCUT2D eigenvalue weighted by molar-refractivity contribution is -0.133. The number of cyclic esters (lactones) is 1. The van der Waals surface area contributed by atoms with E-state index in [0.717, 1.165) is 56.1 Å². The molecule has 1 spiro atoms. The van der Waals surface area contributed by atoms with E-state index >= 15 is 0 Å². The Bertz CT molecular complexity index is 1800. The molecule has 5 aliphatic heterocycles. The molecule has 1 aromatic carbocycles. The van der Waals surface area contributed by atoms with Gasteiger partial charge in [-0.2, -0.15) is 0 Å². The van der Waals surface area contributed by atoms with Crippen LogP contribution >= 0.6 is 21.6 Å². The number of aliphatic hydroxyl groups excluding tert-OH is 2. The summed E-state index contributed by atoms with van der Waals surface area (Å²) in [5.74, 6) is 6.58. The van der Waals surface area contributed by atoms with Crippen LogP contribution < -0.4 is 0 Å². The average molecular weight is 802 g/mol. The monoisotopic (exact) mass is 801 g/mol. The summed E-state index contributed by atoms with van der Waals surface area (Å²) in [4.78, 5) is 15.7. The lowest BCUT2D eigenvalue weighted by Gasteiger charge is -2.54. The Balaban J connectivity index is 1.17. The van der Waals surface area contributed by atoms with Gasteiger partial charge in [0.25, 0.3) is 0 Å². The second-order valence-corrected chi connectivity index (χ2v) is 21.3. The number of aryl methyl sites for hydroxylation is 1. The van der Waals surface area contributed by atoms with Gasteiger partial charge in [-0.15, -0.1) is 0 Å². The van der Waals surface area contributed by atoms with Crippen LogP contribution in [0.4, 0.5) is 0 Å². The van der Waals surface area contributed by atoms with Crippen LogP contribution in [0.25, 0.3) is 0 Å². The Morgan fingerprint density at radius 2 is 1.95 bits per heavy atom. The predicted molar refractivity (Wildman–Crippen MR) is 224 cm³/mol. The first-order chi connectivity index (χ1) is 27.2. The molecule has 3 bridgehead atoms. The second kappa shape index (κ2) is 16.1. The Kier molecular flexibility index (Phi) is 11.3. The first-order valence-electron chi connectivity index (χ1n) is 21.9. The standard InChI is InChI=1S/C47H63NO6S2/c1-5-6-7-10-29-11-8-12-31(20-29)40-34-21-37-39-28(3)43(45-44(52-4)36(24-49)46(51)54-45)53-38(39)13-9-18-48(37)41-35(34)23-47(40)17-16-30(22-47)25-55-56-26-32-15-14-27(2)19-33(32)42(41)50/h8,11-13,15,20,27-28,30,33-35,37,39-42,49-50H,5-7,9-10,14,16-19,21-26H2,1-4H3/t27-,28-,30-,33-,34+,35?,37+,39-,40-,41+,42-,47-/m0/s1. The summed E-state index contributed by atoms with van der Waals surface area (Å²) < 4.78 is 18.3. The van der Waals surface area contributed by atoms with Gasteiger partial charge in [-0.25, -0.2) is 4.79 Å². The molecule has 7 nitrogen and oxygen atoms in total. The van der Waals surface area contributed by atoms with E-state index < -0.39 is 18.7 Å². The average Bonchev–Trinajstić information content (AvgIpc) is 3.90. The number of ether oxygens (including phenoxy) is 3. The van der Waals surface area contributed by atoms with E-state index in [0.29, 0.717) is 35.2 Å². The van der Waals surface area contributed by atoms with Crippen LogP contribution in [0.3, 0.4) is 0 Å². The fraction of sp³-hybridized carbons (Fsp3) is 0.681. The van der Waals surface area contributed by atoms with Gasteiger partial charge in [-0.3, -0.25) is 4.90 Å². The number of esters is 1. The van der Waals surface area contributed by atoms with Gasteiger partial charge in [-0.05, 0) is 116 Å². The maximum Gasteiger partial charge on any atom is 0.345 e. The van der Waals surface area contributed by atoms with E-state index in [4.69, 9.17) is 14.2 Å². The number of methoxy groups -OCH3 is 1. The van der Waals surface area contributed by atoms with Crippen LogP contribution in [-0.4, -0.2) is 71.0 Å². The smallest absolute Gasteiger partial charge is 0.345 e. The van der Waals surface area contributed by atoms with Gasteiger partial charge < -0.3 is 24.4 Å². The molecule has 3 aliphatic carbocycles. The number of carbonyl (C=O) groups is 1. The van der Waals surface area contributed by atoms with E-state index in [1.165, 1.54) is 68.9 Å². The molecule has 1 aromatic rings. The number of hydrogen-bond acceptors (Lipinski definition) is 9. The number of benzene rings is 1. The van der Waals surface area contributed by atoms with E-state index in [1.807, 2.05) is 10.8 Å². The van der Waals surface area contributed by atoms with Crippen molar-refractivity contribution in [3.8, 4) is 0 Å². The SMILES string of the molecule is CCCCCc1cccc([C@H]2[C@@H]3C[C@@H]4[C@H]5C(=CCCN4[C@@H]4C3C[C@@]23CC[C@H](CSSCC2=CC[C@H](C)C[C@@H]2[C@@H]4O)C3)OC(=C2OC(=O)C(CO)=C2OC)[C@H]5C)c1. The zero-order valence-corrected chi connectivity index (χ0v) is 35.6. The van der Waals surface area contributed by atoms with Crippen molar-refractivity contribution in [2.75, 3.05) is 31.8 Å². The maximum atomic E-state index is 13.3. The molecule has 9 rings (SSSR count). The molecule has 2 saturated carbocycles. The summed E-state index contributed by atoms with van der Waals surface area (Å²) >= 11 is 0. The summed E-state index contributed by atoms with van der Waals surface area (Å²) in [6.07, 6.45) is 18.4. The first kappa shape index (κ1) is 39.3. The van der Waals surface area contributed by atoms with Crippen LogP contribution in [0.5, 0.6) is 0 Å². The zero-order chi connectivity index (χ0) is 38.7. The van der Waals surface area contributed by atoms with Gasteiger partial charge in [-0.1, -0.05) is 91.1 Å². The summed E-state index contributed by atoms with van der Waals surface area (Å²) in [6, 6.07) is 9.99. The molecule has 5 fully saturated rings. The zero-order valence-electron chi connectivity index (χ0n) is 33.9. The van der Waals surface area contributed by atoms with E-state index in [-0.39, 0.29) is 46.6 Å². The number of nitrogens with zero attached hydrogens (tertiary/aromatic N) is 1. The van der Waals surface area contributed by atoms with Gasteiger partial charge in [0.1, 0.15) is 11.3 Å². The van der Waals surface area contributed by atoms with Crippen LogP contribution in [0.15, 0.2) is 70.6 Å². The molecular weight excluding hydrogens is 739 g/mol. The van der Waals surface area contributed by atoms with Crippen molar-refractivity contribution in [3.63, 3.8) is 0 Å². The van der Waals surface area contributed by atoms with Gasteiger partial charge in [0.05, 0.1) is 19.8 Å². The maximum absolute atomic E-state index is 13.3. The Morgan fingerprint density at radius 1 is 1.07 bits per heavy atom. The highest BCUT2D eigenvalue weighted by molar-refractivity contribution is 8.76. The normalized spacial score (nSPS) is 40.9. The third kappa shape index (κ3) is 6.75. The lowest BCUT2D eigenvalue weighted by atomic mass is 9.65. The number of fused-ring (bicyclic) bond motifs is 6. The highest BCUT2D eigenvalue weighted by Crippen LogP contribution is 2.69. The van der Waals surface area contributed by atoms with Crippen molar-refractivity contribution in [1.29, 1.82) is 0 Å². The van der Waals surface area contributed by atoms with Crippen LogP contribution in [0.1, 0.15) is 108 Å². The van der Waals surface area contributed by atoms with Gasteiger partial charge >= 0.3 is 5.97 Å². The molecule has 0 radical (unpaired) electrons. The van der Waals surface area contributed by atoms with Crippen molar-refractivity contribution >= 4 is 27.6 Å². The fourth-order valence-electron chi connectivity index (χ4n) is 13.3. The third-order valence-electron chi connectivity index (χ3n) is 15.6. The van der Waals surface area contributed by atoms with Crippen LogP contribution in [0.2, 0.25) is 0 Å². The molecule has 12 atom stereocenters. The molecule has 9 heteroatoms. The molecule has 56 heavy (non-hydrogen) atoms. The van der Waals surface area contributed by atoms with Crippen LogP contribution in [-0.2, 0) is 25.4 Å². The molecule has 8 aliphatic rings. The molecule has 304 valence electrons. The molecular formula is C47H63NO6S2. The minimum Gasteiger partial charge on any atom is -0.492 e. The Labute approximate surface area is 342 Å². The number of rotatable bonds is 7. The van der Waals surface area contributed by atoms with E-state index in [1.54, 1.807) is 5.56 Å². The highest BCUT2D eigenvalue weighted by Gasteiger charge is 2.64. The third-order valence-corrected chi connectivity index (χ3v) is 18.1. The minimum atomic E-state index is -0.574. The van der Waals surface area contributed by atoms with Gasteiger partial charge in [0.15, 0.2) is 11.5 Å². The second-order valence-electron chi connectivity index (χ2n) is 18.8. The molecule has 0 amide bonds. The fourth-order valence-corrected chi connectivity index (χ4v) is 15.9. The van der Waals surface area contributed by atoms with Crippen LogP contribution in [0, 0.1) is 46.8 Å². The van der Waals surface area contributed by atoms with E-state index in [9.17, 15) is 15.0 Å². The van der Waals surface area contributed by atoms with Crippen molar-refractivity contribution in [3.05, 3.63) is 81.7 Å². The number of piperidine rings is 1. The van der Waals surface area contributed by atoms with E-state index in [2.05, 4.69) is 72.9 Å². The summed E-state index contributed by atoms with van der Waals surface area (Å²) in [5, 5.41) is 23.3. The minimum absolute atomic E-state index is 0.0469. The lowest BCUT2D eigenvalue weighted by Crippen LogP contribution is -2.62. The largest absolute Gasteiger partial charge is 0.492 e. The number of aliphatic hydroxyl groups is 2. The summed E-state index contributed by atoms with van der Waals surface area (Å²) in [7, 11) is 5.65. The summed E-state index contributed by atoms with van der Waals surface area (Å²) in [5.41, 5.74) is 4.87. The Morgan fingerprint density at radius 3 is 2.77 bits per heavy atom. The quantitative estimate of drug-likeness (QED) is 0.121. The highest BCUT2D eigenvalue weighted by atomic mass is 33.1. The molecule has 5 heterocycles. The molecule has 1 unspecified atom stereocenters. The predicted octanol–water partition coefficient (Wildman–Crippen LogP) is 9.33. The number of allylic oxidation sites excluding steroid dienone is 2.